The highest BCUT2D eigenvalue weighted by atomic mass is 16.2. The van der Waals surface area contributed by atoms with Crippen molar-refractivity contribution >= 4 is 18.1 Å². The summed E-state index contributed by atoms with van der Waals surface area (Å²) in [4.78, 5) is 18.3. The average molecular weight is 137 g/mol. The molecule has 0 fully saturated rings. The van der Waals surface area contributed by atoms with Crippen LogP contribution in [0.1, 0.15) is 0 Å². The van der Waals surface area contributed by atoms with Crippen LogP contribution >= 0.6 is 0 Å². The number of aliphatic imine (C=N–C) groups is 2. The molecule has 0 aromatic carbocycles. The lowest BCUT2D eigenvalue weighted by Crippen LogP contribution is -2.37. The molecule has 1 atom stereocenters. The van der Waals surface area contributed by atoms with Gasteiger partial charge in [0.2, 0.25) is 0 Å². The maximum atomic E-state index is 10.8. The van der Waals surface area contributed by atoms with Crippen LogP contribution in [0.15, 0.2) is 20.3 Å². The highest BCUT2D eigenvalue weighted by molar-refractivity contribution is 6.13. The molecule has 1 amide bonds. The van der Waals surface area contributed by atoms with Gasteiger partial charge in [-0.2, -0.15) is 0 Å². The predicted molar refractivity (Wildman–Crippen MR) is 32.7 cm³/mol. The molecule has 0 radical (unpaired) electrons. The molecule has 0 spiro atoms. The molecule has 1 N–H and O–H groups in total. The van der Waals surface area contributed by atoms with Crippen LogP contribution in [0.5, 0.6) is 0 Å². The van der Waals surface area contributed by atoms with Crippen LogP contribution in [0, 0.1) is 0 Å². The van der Waals surface area contributed by atoms with E-state index in [-0.39, 0.29) is 5.91 Å². The summed E-state index contributed by atoms with van der Waals surface area (Å²) in [7, 11) is 0. The van der Waals surface area contributed by atoms with Crippen molar-refractivity contribution < 1.29 is 4.79 Å². The van der Waals surface area contributed by atoms with Crippen molar-refractivity contribution in [2.24, 2.45) is 20.3 Å². The third kappa shape index (κ3) is 0.554. The molecule has 0 aromatic rings. The molecule has 2 aliphatic heterocycles. The van der Waals surface area contributed by atoms with Crippen molar-refractivity contribution in [1.29, 1.82) is 0 Å². The number of fused-ring (bicyclic) bond motifs is 1. The van der Waals surface area contributed by atoms with E-state index < -0.39 is 6.04 Å². The smallest absolute Gasteiger partial charge is 0.270 e. The highest BCUT2D eigenvalue weighted by Crippen LogP contribution is 2.06. The third-order valence-corrected chi connectivity index (χ3v) is 1.21. The van der Waals surface area contributed by atoms with Crippen molar-refractivity contribution in [1.82, 2.24) is 5.43 Å². The molecule has 2 aliphatic rings. The van der Waals surface area contributed by atoms with E-state index >= 15 is 0 Å². The molecule has 0 aromatic heterocycles. The minimum atomic E-state index is -0.558. The molecule has 0 saturated carbocycles. The number of hydrogen-bond acceptors (Lipinski definition) is 5. The van der Waals surface area contributed by atoms with Gasteiger partial charge in [0.1, 0.15) is 6.34 Å². The van der Waals surface area contributed by atoms with Crippen LogP contribution in [0.2, 0.25) is 0 Å². The number of carbonyl (C=O) groups is 1. The number of rotatable bonds is 0. The van der Waals surface area contributed by atoms with E-state index in [9.17, 15) is 4.79 Å². The van der Waals surface area contributed by atoms with Crippen LogP contribution in [-0.2, 0) is 4.79 Å². The van der Waals surface area contributed by atoms with Gasteiger partial charge in [0, 0.05) is 0 Å². The topological polar surface area (TPSA) is 78.5 Å². The van der Waals surface area contributed by atoms with Gasteiger partial charge < -0.3 is 0 Å². The molecule has 0 bridgehead atoms. The number of carbonyl (C=O) groups excluding carboxylic acids is 1. The summed E-state index contributed by atoms with van der Waals surface area (Å²) in [6.45, 7) is 0. The fourth-order valence-electron chi connectivity index (χ4n) is 0.749. The second-order valence-corrected chi connectivity index (χ2v) is 1.83. The molecule has 6 heteroatoms. The molecule has 0 saturated heterocycles. The first-order chi connectivity index (χ1) is 4.88. The summed E-state index contributed by atoms with van der Waals surface area (Å²) in [6, 6.07) is -0.558. The molecule has 2 heterocycles. The van der Waals surface area contributed by atoms with Crippen LogP contribution in [-0.4, -0.2) is 24.1 Å². The molecule has 50 valence electrons. The van der Waals surface area contributed by atoms with E-state index in [0.29, 0.717) is 5.84 Å². The summed E-state index contributed by atoms with van der Waals surface area (Å²) < 4.78 is 0. The lowest BCUT2D eigenvalue weighted by atomic mass is 10.3. The molecular weight excluding hydrogens is 134 g/mol. The minimum absolute atomic E-state index is 0.275. The van der Waals surface area contributed by atoms with Crippen molar-refractivity contribution in [3.05, 3.63) is 0 Å². The fourth-order valence-corrected chi connectivity index (χ4v) is 0.749. The number of nitrogens with one attached hydrogen (secondary N) is 1. The van der Waals surface area contributed by atoms with E-state index in [1.165, 1.54) is 6.34 Å². The lowest BCUT2D eigenvalue weighted by molar-refractivity contribution is -0.121. The molecule has 6 nitrogen and oxygen atoms in total. The lowest BCUT2D eigenvalue weighted by Gasteiger charge is -2.07. The van der Waals surface area contributed by atoms with Crippen LogP contribution in [0.4, 0.5) is 0 Å². The Bertz CT molecular complexity index is 265. The van der Waals surface area contributed by atoms with E-state index in [4.69, 9.17) is 0 Å². The fraction of sp³-hybridized carbons (Fsp3) is 0.250. The van der Waals surface area contributed by atoms with Crippen molar-refractivity contribution in [2.45, 2.75) is 6.04 Å². The Balaban J connectivity index is 2.41. The van der Waals surface area contributed by atoms with Crippen molar-refractivity contribution in [3.63, 3.8) is 0 Å². The predicted octanol–water partition coefficient (Wildman–Crippen LogP) is -0.708. The number of hydrogen-bond donors (Lipinski definition) is 1. The second-order valence-electron chi connectivity index (χ2n) is 1.83. The first kappa shape index (κ1) is 5.21. The Labute approximate surface area is 55.7 Å². The molecule has 1 unspecified atom stereocenters. The van der Waals surface area contributed by atoms with Gasteiger partial charge in [-0.1, -0.05) is 5.22 Å². The van der Waals surface area contributed by atoms with E-state index in [1.807, 2.05) is 0 Å². The van der Waals surface area contributed by atoms with Gasteiger partial charge in [-0.15, -0.1) is 5.11 Å². The first-order valence-corrected chi connectivity index (χ1v) is 2.68. The zero-order chi connectivity index (χ0) is 6.97. The Kier molecular flexibility index (Phi) is 0.883. The van der Waals surface area contributed by atoms with Gasteiger partial charge >= 0.3 is 0 Å². The molecule has 10 heavy (non-hydrogen) atoms. The Morgan fingerprint density at radius 2 is 2.50 bits per heavy atom. The van der Waals surface area contributed by atoms with Gasteiger partial charge in [0.05, 0.1) is 0 Å². The maximum absolute atomic E-state index is 10.8. The van der Waals surface area contributed by atoms with Crippen molar-refractivity contribution in [3.8, 4) is 0 Å². The third-order valence-electron chi connectivity index (χ3n) is 1.21. The quantitative estimate of drug-likeness (QED) is 0.470. The number of nitrogens with zero attached hydrogens (tertiary/aromatic N) is 4. The Morgan fingerprint density at radius 3 is 3.30 bits per heavy atom. The summed E-state index contributed by atoms with van der Waals surface area (Å²) in [5, 5.41) is 6.88. The van der Waals surface area contributed by atoms with Crippen molar-refractivity contribution in [2.75, 3.05) is 0 Å². The highest BCUT2D eigenvalue weighted by Gasteiger charge is 2.29. The van der Waals surface area contributed by atoms with Gasteiger partial charge in [-0.05, 0) is 0 Å². The summed E-state index contributed by atoms with van der Waals surface area (Å²) in [6.07, 6.45) is 1.31. The number of amidine groups is 1. The SMILES string of the molecule is O=C1NN=NC2=NC=NC12. The van der Waals surface area contributed by atoms with E-state index in [1.54, 1.807) is 0 Å². The summed E-state index contributed by atoms with van der Waals surface area (Å²) >= 11 is 0. The zero-order valence-corrected chi connectivity index (χ0v) is 4.85. The molecule has 0 aliphatic carbocycles. The molecular formula is C4H3N5O. The Morgan fingerprint density at radius 1 is 1.60 bits per heavy atom. The second kappa shape index (κ2) is 1.69. The first-order valence-electron chi connectivity index (χ1n) is 2.68. The zero-order valence-electron chi connectivity index (χ0n) is 4.85. The standard InChI is InChI=1S/C4H3N5O/c10-4-2-3(6-1-5-2)7-9-8-4/h1-2H,(H,5,6,7,8,10). The summed E-state index contributed by atoms with van der Waals surface area (Å²) in [5.41, 5.74) is 2.18. The maximum Gasteiger partial charge on any atom is 0.274 e. The normalized spacial score (nSPS) is 27.8. The Hall–Kier alpha value is -1.59. The largest absolute Gasteiger partial charge is 0.274 e. The molecule has 2 rings (SSSR count). The van der Waals surface area contributed by atoms with Gasteiger partial charge in [0.15, 0.2) is 11.9 Å². The van der Waals surface area contributed by atoms with Gasteiger partial charge in [-0.3, -0.25) is 9.79 Å². The van der Waals surface area contributed by atoms with E-state index in [2.05, 4.69) is 25.7 Å². The minimum Gasteiger partial charge on any atom is -0.270 e. The summed E-state index contributed by atoms with van der Waals surface area (Å²) in [5.74, 6) is 0.0891. The van der Waals surface area contributed by atoms with Gasteiger partial charge in [-0.25, -0.2) is 10.4 Å². The monoisotopic (exact) mass is 137 g/mol. The van der Waals surface area contributed by atoms with E-state index in [0.717, 1.165) is 0 Å². The number of amides is 1. The van der Waals surface area contributed by atoms with Crippen LogP contribution in [0.3, 0.4) is 0 Å². The van der Waals surface area contributed by atoms with Crippen LogP contribution in [0.25, 0.3) is 0 Å². The van der Waals surface area contributed by atoms with Gasteiger partial charge in [0.25, 0.3) is 5.91 Å². The average Bonchev–Trinajstić information content (AvgIpc) is 2.36. The van der Waals surface area contributed by atoms with Crippen LogP contribution < -0.4 is 5.43 Å².